The fourth-order valence-corrected chi connectivity index (χ4v) is 1.84. The predicted octanol–water partition coefficient (Wildman–Crippen LogP) is 4.16. The molecule has 0 heterocycles. The van der Waals surface area contributed by atoms with Crippen LogP contribution in [0.3, 0.4) is 0 Å². The van der Waals surface area contributed by atoms with E-state index in [1.807, 2.05) is 0 Å². The Morgan fingerprint density at radius 1 is 1.17 bits per heavy atom. The van der Waals surface area contributed by atoms with E-state index in [1.54, 1.807) is 0 Å². The van der Waals surface area contributed by atoms with Crippen molar-refractivity contribution < 1.29 is 0 Å². The van der Waals surface area contributed by atoms with Gasteiger partial charge in [0, 0.05) is 0 Å². The van der Waals surface area contributed by atoms with Crippen LogP contribution in [0, 0.1) is 11.3 Å². The van der Waals surface area contributed by atoms with Crippen LogP contribution in [0.1, 0.15) is 53.9 Å². The summed E-state index contributed by atoms with van der Waals surface area (Å²) in [5.41, 5.74) is 0.470. The quantitative estimate of drug-likeness (QED) is 0.629. The maximum Gasteiger partial charge on any atom is -0.00115 e. The zero-order valence-electron chi connectivity index (χ0n) is 9.22. The molecule has 0 aromatic heterocycles. The van der Waals surface area contributed by atoms with Crippen molar-refractivity contribution >= 4 is 12.6 Å². The summed E-state index contributed by atoms with van der Waals surface area (Å²) in [6.45, 7) is 11.5. The second-order valence-electron chi connectivity index (χ2n) is 4.90. The highest BCUT2D eigenvalue weighted by Crippen LogP contribution is 2.32. The van der Waals surface area contributed by atoms with Crippen LogP contribution in [0.25, 0.3) is 0 Å². The summed E-state index contributed by atoms with van der Waals surface area (Å²) in [4.78, 5) is 0. The standard InChI is InChI=1S/C11H24S/c1-6-10(11(3,4)5)8-7-9(2)12/h9-10,12H,6-8H2,1-5H3. The molecule has 0 aromatic carbocycles. The van der Waals surface area contributed by atoms with Gasteiger partial charge in [-0.2, -0.15) is 12.6 Å². The molecule has 0 saturated heterocycles. The molecule has 0 spiro atoms. The fraction of sp³-hybridized carbons (Fsp3) is 1.00. The average Bonchev–Trinajstić information content (AvgIpc) is 1.85. The van der Waals surface area contributed by atoms with E-state index in [0.717, 1.165) is 5.92 Å². The number of hydrogen-bond acceptors (Lipinski definition) is 1. The second kappa shape index (κ2) is 5.16. The molecule has 0 radical (unpaired) electrons. The molecule has 12 heavy (non-hydrogen) atoms. The van der Waals surface area contributed by atoms with Gasteiger partial charge >= 0.3 is 0 Å². The zero-order valence-corrected chi connectivity index (χ0v) is 10.1. The number of rotatable bonds is 4. The molecule has 0 amide bonds. The van der Waals surface area contributed by atoms with Crippen molar-refractivity contribution in [1.82, 2.24) is 0 Å². The lowest BCUT2D eigenvalue weighted by molar-refractivity contribution is 0.215. The SMILES string of the molecule is CCC(CCC(C)S)C(C)(C)C. The Morgan fingerprint density at radius 3 is 1.92 bits per heavy atom. The highest BCUT2D eigenvalue weighted by Gasteiger charge is 2.22. The maximum atomic E-state index is 4.41. The minimum atomic E-state index is 0.470. The monoisotopic (exact) mass is 188 g/mol. The Hall–Kier alpha value is 0.350. The molecule has 0 nitrogen and oxygen atoms in total. The van der Waals surface area contributed by atoms with Gasteiger partial charge in [0.2, 0.25) is 0 Å². The van der Waals surface area contributed by atoms with Crippen LogP contribution in [0.15, 0.2) is 0 Å². The Morgan fingerprint density at radius 2 is 1.67 bits per heavy atom. The zero-order chi connectivity index (χ0) is 9.78. The van der Waals surface area contributed by atoms with Crippen molar-refractivity contribution in [2.24, 2.45) is 11.3 Å². The molecule has 0 N–H and O–H groups in total. The minimum Gasteiger partial charge on any atom is -0.176 e. The van der Waals surface area contributed by atoms with Crippen LogP contribution in [-0.2, 0) is 0 Å². The van der Waals surface area contributed by atoms with E-state index in [9.17, 15) is 0 Å². The van der Waals surface area contributed by atoms with Gasteiger partial charge < -0.3 is 0 Å². The third-order valence-electron chi connectivity index (χ3n) is 2.65. The van der Waals surface area contributed by atoms with Crippen LogP contribution in [0.2, 0.25) is 0 Å². The van der Waals surface area contributed by atoms with E-state index >= 15 is 0 Å². The highest BCUT2D eigenvalue weighted by atomic mass is 32.1. The normalized spacial score (nSPS) is 17.5. The summed E-state index contributed by atoms with van der Waals surface area (Å²) in [5, 5.41) is 0.557. The van der Waals surface area contributed by atoms with Gasteiger partial charge in [-0.1, -0.05) is 41.0 Å². The van der Waals surface area contributed by atoms with Crippen LogP contribution in [-0.4, -0.2) is 5.25 Å². The molecule has 2 atom stereocenters. The molecule has 0 aliphatic carbocycles. The van der Waals surface area contributed by atoms with Gasteiger partial charge in [0.15, 0.2) is 0 Å². The smallest absolute Gasteiger partial charge is 0.00115 e. The molecular weight excluding hydrogens is 164 g/mol. The van der Waals surface area contributed by atoms with Crippen molar-refractivity contribution in [2.75, 3.05) is 0 Å². The lowest BCUT2D eigenvalue weighted by atomic mass is 9.76. The molecule has 2 unspecified atom stereocenters. The van der Waals surface area contributed by atoms with E-state index in [1.165, 1.54) is 19.3 Å². The third kappa shape index (κ3) is 5.08. The van der Waals surface area contributed by atoms with Crippen molar-refractivity contribution in [3.05, 3.63) is 0 Å². The Kier molecular flexibility index (Phi) is 5.31. The summed E-state index contributed by atoms with van der Waals surface area (Å²) in [5.74, 6) is 0.854. The predicted molar refractivity (Wildman–Crippen MR) is 60.9 cm³/mol. The average molecular weight is 188 g/mol. The van der Waals surface area contributed by atoms with Crippen LogP contribution < -0.4 is 0 Å². The van der Waals surface area contributed by atoms with Gasteiger partial charge in [0.1, 0.15) is 0 Å². The van der Waals surface area contributed by atoms with Gasteiger partial charge in [-0.15, -0.1) is 0 Å². The second-order valence-corrected chi connectivity index (χ2v) is 5.78. The molecule has 0 rings (SSSR count). The van der Waals surface area contributed by atoms with Gasteiger partial charge in [0.25, 0.3) is 0 Å². The summed E-state index contributed by atoms with van der Waals surface area (Å²) in [7, 11) is 0. The van der Waals surface area contributed by atoms with Gasteiger partial charge in [0.05, 0.1) is 0 Å². The molecule has 0 bridgehead atoms. The first-order chi connectivity index (χ1) is 5.38. The summed E-state index contributed by atoms with van der Waals surface area (Å²) in [6.07, 6.45) is 3.87. The highest BCUT2D eigenvalue weighted by molar-refractivity contribution is 7.80. The molecule has 0 aromatic rings. The Bertz CT molecular complexity index is 111. The molecule has 0 aliphatic heterocycles. The van der Waals surface area contributed by atoms with Crippen LogP contribution >= 0.6 is 12.6 Å². The topological polar surface area (TPSA) is 0 Å². The Balaban J connectivity index is 3.84. The molecule has 0 saturated carbocycles. The van der Waals surface area contributed by atoms with E-state index in [2.05, 4.69) is 47.2 Å². The first-order valence-corrected chi connectivity index (χ1v) is 5.57. The fourth-order valence-electron chi connectivity index (χ4n) is 1.69. The molecule has 1 heteroatoms. The molecule has 0 fully saturated rings. The lowest BCUT2D eigenvalue weighted by Crippen LogP contribution is -2.20. The minimum absolute atomic E-state index is 0.470. The van der Waals surface area contributed by atoms with Crippen LogP contribution in [0.5, 0.6) is 0 Å². The molecule has 0 aliphatic rings. The van der Waals surface area contributed by atoms with Gasteiger partial charge in [-0.05, 0) is 29.4 Å². The van der Waals surface area contributed by atoms with E-state index in [0.29, 0.717) is 10.7 Å². The van der Waals surface area contributed by atoms with Crippen molar-refractivity contribution in [2.45, 2.75) is 59.1 Å². The van der Waals surface area contributed by atoms with Gasteiger partial charge in [-0.3, -0.25) is 0 Å². The summed E-state index contributed by atoms with van der Waals surface area (Å²) in [6, 6.07) is 0. The Labute approximate surface area is 83.5 Å². The van der Waals surface area contributed by atoms with Crippen molar-refractivity contribution in [1.29, 1.82) is 0 Å². The van der Waals surface area contributed by atoms with E-state index in [4.69, 9.17) is 0 Å². The van der Waals surface area contributed by atoms with Crippen LogP contribution in [0.4, 0.5) is 0 Å². The molecule has 74 valence electrons. The molecular formula is C11H24S. The first-order valence-electron chi connectivity index (χ1n) is 5.06. The summed E-state index contributed by atoms with van der Waals surface area (Å²) < 4.78 is 0. The largest absolute Gasteiger partial charge is 0.176 e. The maximum absolute atomic E-state index is 4.41. The summed E-state index contributed by atoms with van der Waals surface area (Å²) >= 11 is 4.41. The van der Waals surface area contributed by atoms with Crippen molar-refractivity contribution in [3.63, 3.8) is 0 Å². The van der Waals surface area contributed by atoms with Crippen molar-refractivity contribution in [3.8, 4) is 0 Å². The van der Waals surface area contributed by atoms with E-state index < -0.39 is 0 Å². The first kappa shape index (κ1) is 12.3. The van der Waals surface area contributed by atoms with E-state index in [-0.39, 0.29) is 0 Å². The lowest BCUT2D eigenvalue weighted by Gasteiger charge is -2.30. The van der Waals surface area contributed by atoms with Gasteiger partial charge in [-0.25, -0.2) is 0 Å². The number of thiol groups is 1. The third-order valence-corrected chi connectivity index (χ3v) is 2.91. The number of hydrogen-bond donors (Lipinski definition) is 1.